The molecule has 2 aliphatic heterocycles. The molecule has 2 aromatic rings. The minimum Gasteiger partial charge on any atom is -0.394 e. The molecule has 4 atom stereocenters. The first kappa shape index (κ1) is 29.0. The normalized spacial score (nSPS) is 24.3. The molecule has 8 nitrogen and oxygen atoms in total. The number of aliphatic hydroxyl groups excluding tert-OH is 2. The Kier molecular flexibility index (Phi) is 10.9. The van der Waals surface area contributed by atoms with E-state index in [0.29, 0.717) is 19.2 Å². The molecule has 194 valence electrons. The van der Waals surface area contributed by atoms with Gasteiger partial charge in [-0.05, 0) is 24.3 Å². The molecule has 0 aromatic heterocycles. The second-order valence-corrected chi connectivity index (χ2v) is 8.19. The van der Waals surface area contributed by atoms with Gasteiger partial charge in [-0.25, -0.2) is 13.6 Å². The van der Waals surface area contributed by atoms with E-state index in [1.54, 1.807) is 0 Å². The molecule has 0 radical (unpaired) electrons. The molecule has 2 heterocycles. The third-order valence-corrected chi connectivity index (χ3v) is 6.14. The second kappa shape index (κ2) is 13.2. The van der Waals surface area contributed by atoms with Crippen molar-refractivity contribution in [3.8, 4) is 0 Å². The Bertz CT molecular complexity index is 954. The van der Waals surface area contributed by atoms with Crippen molar-refractivity contribution in [2.24, 2.45) is 0 Å². The highest BCUT2D eigenvalue weighted by atomic mass is 35.5. The Balaban J connectivity index is 0.00000216. The smallest absolute Gasteiger partial charge is 0.319 e. The van der Waals surface area contributed by atoms with Gasteiger partial charge in [0.1, 0.15) is 23.8 Å². The van der Waals surface area contributed by atoms with Crippen LogP contribution in [-0.4, -0.2) is 84.8 Å². The molecule has 4 rings (SSSR count). The van der Waals surface area contributed by atoms with E-state index in [4.69, 9.17) is 4.74 Å². The van der Waals surface area contributed by atoms with Crippen molar-refractivity contribution < 1.29 is 28.5 Å². The third-order valence-electron chi connectivity index (χ3n) is 6.14. The van der Waals surface area contributed by atoms with Crippen LogP contribution in [-0.2, 0) is 4.74 Å². The summed E-state index contributed by atoms with van der Waals surface area (Å²) < 4.78 is 32.6. The summed E-state index contributed by atoms with van der Waals surface area (Å²) in [4.78, 5) is 16.6. The summed E-state index contributed by atoms with van der Waals surface area (Å²) in [5.41, 5.74) is 0.986. The highest BCUT2D eigenvalue weighted by Crippen LogP contribution is 2.27. The van der Waals surface area contributed by atoms with Crippen LogP contribution in [0, 0.1) is 11.6 Å². The molecule has 0 saturated carbocycles. The maximum Gasteiger partial charge on any atom is 0.319 e. The van der Waals surface area contributed by atoms with E-state index in [1.165, 1.54) is 0 Å². The number of hydrogen-bond donors (Lipinski definition) is 4. The molecule has 2 saturated heterocycles. The number of para-hydroxylation sites is 1. The van der Waals surface area contributed by atoms with Crippen molar-refractivity contribution >= 4 is 42.2 Å². The zero-order chi connectivity index (χ0) is 23.4. The van der Waals surface area contributed by atoms with Gasteiger partial charge in [0, 0.05) is 44.5 Å². The first-order valence-electron chi connectivity index (χ1n) is 10.9. The number of amides is 2. The van der Waals surface area contributed by atoms with Crippen molar-refractivity contribution in [3.05, 3.63) is 60.2 Å². The SMILES string of the molecule is Cl.Cl.O=C(NC[C@H]1O[C@@H](CO)[C@@H](O)[C@H]1N1CCN(c2ccccc2)CC1)Nc1ccc(F)cc1F. The quantitative estimate of drug-likeness (QED) is 0.453. The fourth-order valence-electron chi connectivity index (χ4n) is 4.46. The third kappa shape index (κ3) is 6.93. The molecule has 0 unspecified atom stereocenters. The fraction of sp³-hybridized carbons (Fsp3) is 0.435. The van der Waals surface area contributed by atoms with Crippen LogP contribution in [0.4, 0.5) is 25.0 Å². The van der Waals surface area contributed by atoms with Crippen LogP contribution in [0.5, 0.6) is 0 Å². The van der Waals surface area contributed by atoms with Crippen LogP contribution in [0.3, 0.4) is 0 Å². The van der Waals surface area contributed by atoms with Gasteiger partial charge in [0.05, 0.1) is 24.4 Å². The summed E-state index contributed by atoms with van der Waals surface area (Å²) in [5.74, 6) is -1.62. The van der Waals surface area contributed by atoms with Crippen molar-refractivity contribution in [2.45, 2.75) is 24.4 Å². The van der Waals surface area contributed by atoms with Gasteiger partial charge in [-0.2, -0.15) is 0 Å². The lowest BCUT2D eigenvalue weighted by atomic mass is 10.0. The Hall–Kier alpha value is -2.21. The van der Waals surface area contributed by atoms with Crippen LogP contribution < -0.4 is 15.5 Å². The van der Waals surface area contributed by atoms with Crippen LogP contribution in [0.1, 0.15) is 0 Å². The van der Waals surface area contributed by atoms with E-state index in [2.05, 4.69) is 32.6 Å². The monoisotopic (exact) mass is 534 g/mol. The Morgan fingerprint density at radius 3 is 2.34 bits per heavy atom. The number of carbonyl (C=O) groups excluding carboxylic acids is 1. The number of benzene rings is 2. The standard InChI is InChI=1S/C23H28F2N4O4.2ClH/c24-15-6-7-18(17(25)12-15)27-23(32)26-13-19-21(22(31)20(14-30)33-19)29-10-8-28(9-11-29)16-4-2-1-3-5-16;;/h1-7,12,19-22,30-31H,8-11,13-14H2,(H2,26,27,32);2*1H/t19-,20+,21+,22-;;/m1../s1. The molecule has 35 heavy (non-hydrogen) atoms. The van der Waals surface area contributed by atoms with E-state index in [0.717, 1.165) is 30.9 Å². The number of hydrogen-bond acceptors (Lipinski definition) is 6. The maximum atomic E-state index is 13.8. The van der Waals surface area contributed by atoms with Gasteiger partial charge in [-0.15, -0.1) is 24.8 Å². The lowest BCUT2D eigenvalue weighted by Crippen LogP contribution is -2.57. The van der Waals surface area contributed by atoms with Crippen molar-refractivity contribution in [3.63, 3.8) is 0 Å². The molecule has 2 aliphatic rings. The minimum atomic E-state index is -0.914. The van der Waals surface area contributed by atoms with Crippen molar-refractivity contribution in [1.82, 2.24) is 10.2 Å². The van der Waals surface area contributed by atoms with Crippen molar-refractivity contribution in [1.29, 1.82) is 0 Å². The van der Waals surface area contributed by atoms with E-state index < -0.39 is 42.0 Å². The van der Waals surface area contributed by atoms with Gasteiger partial charge in [-0.3, -0.25) is 4.90 Å². The van der Waals surface area contributed by atoms with Crippen LogP contribution in [0.25, 0.3) is 0 Å². The number of halogens is 4. The summed E-state index contributed by atoms with van der Waals surface area (Å²) in [6, 6.07) is 11.8. The Labute approximate surface area is 215 Å². The average Bonchev–Trinajstić information content (AvgIpc) is 3.15. The highest BCUT2D eigenvalue weighted by Gasteiger charge is 2.46. The highest BCUT2D eigenvalue weighted by molar-refractivity contribution is 5.89. The van der Waals surface area contributed by atoms with E-state index in [9.17, 15) is 23.8 Å². The number of nitrogens with one attached hydrogen (secondary N) is 2. The Morgan fingerprint density at radius 2 is 1.71 bits per heavy atom. The summed E-state index contributed by atoms with van der Waals surface area (Å²) in [6.45, 7) is 2.60. The van der Waals surface area contributed by atoms with Crippen LogP contribution in [0.2, 0.25) is 0 Å². The van der Waals surface area contributed by atoms with Gasteiger partial charge in [-0.1, -0.05) is 18.2 Å². The first-order valence-corrected chi connectivity index (χ1v) is 10.9. The lowest BCUT2D eigenvalue weighted by Gasteiger charge is -2.41. The molecular formula is C23H30Cl2F2N4O4. The predicted molar refractivity (Wildman–Crippen MR) is 134 cm³/mol. The minimum absolute atomic E-state index is 0. The van der Waals surface area contributed by atoms with Gasteiger partial charge >= 0.3 is 6.03 Å². The molecule has 4 N–H and O–H groups in total. The van der Waals surface area contributed by atoms with E-state index in [1.807, 2.05) is 18.2 Å². The molecule has 2 fully saturated rings. The number of urea groups is 1. The zero-order valence-corrected chi connectivity index (χ0v) is 20.5. The molecule has 2 aromatic carbocycles. The number of ether oxygens (including phenoxy) is 1. The molecule has 0 aliphatic carbocycles. The van der Waals surface area contributed by atoms with Gasteiger partial charge in [0.2, 0.25) is 0 Å². The first-order chi connectivity index (χ1) is 16.0. The molecular weight excluding hydrogens is 505 g/mol. The van der Waals surface area contributed by atoms with Crippen LogP contribution >= 0.6 is 24.8 Å². The number of aliphatic hydroxyl groups is 2. The number of carbonyl (C=O) groups is 1. The van der Waals surface area contributed by atoms with Gasteiger partial charge in [0.25, 0.3) is 0 Å². The number of anilines is 2. The fourth-order valence-corrected chi connectivity index (χ4v) is 4.46. The summed E-state index contributed by atoms with van der Waals surface area (Å²) in [6.07, 6.45) is -2.24. The topological polar surface area (TPSA) is 97.3 Å². The molecule has 2 amide bonds. The zero-order valence-electron chi connectivity index (χ0n) is 18.8. The molecule has 0 bridgehead atoms. The van der Waals surface area contributed by atoms with Crippen molar-refractivity contribution in [2.75, 3.05) is 49.5 Å². The van der Waals surface area contributed by atoms with E-state index in [-0.39, 0.29) is 43.7 Å². The largest absolute Gasteiger partial charge is 0.394 e. The number of nitrogens with zero attached hydrogens (tertiary/aromatic N) is 2. The summed E-state index contributed by atoms with van der Waals surface area (Å²) in [7, 11) is 0. The summed E-state index contributed by atoms with van der Waals surface area (Å²) >= 11 is 0. The molecule has 12 heteroatoms. The molecule has 0 spiro atoms. The van der Waals surface area contributed by atoms with Gasteiger partial charge in [0.15, 0.2) is 0 Å². The van der Waals surface area contributed by atoms with Gasteiger partial charge < -0.3 is 30.5 Å². The second-order valence-electron chi connectivity index (χ2n) is 8.19. The maximum absolute atomic E-state index is 13.8. The number of rotatable bonds is 6. The average molecular weight is 535 g/mol. The lowest BCUT2D eigenvalue weighted by molar-refractivity contribution is -0.0205. The number of piperazine rings is 1. The predicted octanol–water partition coefficient (Wildman–Crippen LogP) is 2.24. The van der Waals surface area contributed by atoms with E-state index >= 15 is 0 Å². The summed E-state index contributed by atoms with van der Waals surface area (Å²) in [5, 5.41) is 25.3. The Morgan fingerprint density at radius 1 is 1.03 bits per heavy atom. The van der Waals surface area contributed by atoms with Crippen LogP contribution in [0.15, 0.2) is 48.5 Å².